The molecule has 3 rings (SSSR count). The van der Waals surface area contributed by atoms with Crippen LogP contribution in [0.5, 0.6) is 0 Å². The van der Waals surface area contributed by atoms with Gasteiger partial charge in [0.15, 0.2) is 0 Å². The van der Waals surface area contributed by atoms with Crippen molar-refractivity contribution in [2.24, 2.45) is 0 Å². The molecule has 0 aliphatic carbocycles. The molecule has 0 amide bonds. The quantitative estimate of drug-likeness (QED) is 0.616. The van der Waals surface area contributed by atoms with Crippen molar-refractivity contribution < 1.29 is 22.9 Å². The molecule has 0 bridgehead atoms. The largest absolute Gasteiger partial charge is 0.427 e. The Bertz CT molecular complexity index is 986. The van der Waals surface area contributed by atoms with Crippen LogP contribution in [0.4, 0.5) is 13.2 Å². The van der Waals surface area contributed by atoms with E-state index in [1.54, 1.807) is 21.3 Å². The van der Waals surface area contributed by atoms with Crippen LogP contribution in [0.1, 0.15) is 38.8 Å². The molecule has 0 fully saturated rings. The number of nitrogens with zero attached hydrogens (tertiary/aromatic N) is 1. The maximum absolute atomic E-state index is 12.7. The van der Waals surface area contributed by atoms with Crippen molar-refractivity contribution in [3.63, 3.8) is 0 Å². The Labute approximate surface area is 169 Å². The normalized spacial score (nSPS) is 13.1. The van der Waals surface area contributed by atoms with Crippen LogP contribution in [0.25, 0.3) is 10.9 Å². The second-order valence-corrected chi connectivity index (χ2v) is 8.26. The highest BCUT2D eigenvalue weighted by Crippen LogP contribution is 2.29. The standard InChI is InChI=1S/C22H24BF3NO2/c1-20(2,28)21(3,4)29-23-18-10-7-16-11-12-27(19(16)13-18)14-15-5-8-17(9-6-15)22(24,25)26/h5-13,28H,14H2,1-4H3. The molecule has 0 unspecified atom stereocenters. The molecule has 0 aliphatic rings. The van der Waals surface area contributed by atoms with Crippen LogP contribution in [0.2, 0.25) is 0 Å². The SMILES string of the molecule is CC(C)(O)C(C)(C)O[B]c1ccc2ccn(Cc3ccc(C(F)(F)F)cc3)c2c1. The highest BCUT2D eigenvalue weighted by molar-refractivity contribution is 6.47. The first kappa shape index (κ1) is 21.5. The van der Waals surface area contributed by atoms with Gasteiger partial charge in [0.05, 0.1) is 16.8 Å². The van der Waals surface area contributed by atoms with E-state index in [0.717, 1.165) is 34.1 Å². The lowest BCUT2D eigenvalue weighted by Crippen LogP contribution is -2.49. The number of fused-ring (bicyclic) bond motifs is 1. The van der Waals surface area contributed by atoms with Gasteiger partial charge in [-0.3, -0.25) is 0 Å². The predicted molar refractivity (Wildman–Crippen MR) is 109 cm³/mol. The van der Waals surface area contributed by atoms with Gasteiger partial charge in [-0.1, -0.05) is 29.7 Å². The average Bonchev–Trinajstić information content (AvgIpc) is 3.01. The number of aliphatic hydroxyl groups is 1. The molecule has 1 aromatic heterocycles. The van der Waals surface area contributed by atoms with E-state index in [2.05, 4.69) is 0 Å². The third-order valence-corrected chi connectivity index (χ3v) is 5.40. The van der Waals surface area contributed by atoms with E-state index in [1.165, 1.54) is 12.1 Å². The van der Waals surface area contributed by atoms with Gasteiger partial charge in [-0.05, 0) is 62.9 Å². The zero-order valence-electron chi connectivity index (χ0n) is 16.9. The predicted octanol–water partition coefficient (Wildman–Crippen LogP) is 4.52. The van der Waals surface area contributed by atoms with Gasteiger partial charge in [-0.25, -0.2) is 0 Å². The summed E-state index contributed by atoms with van der Waals surface area (Å²) in [5, 5.41) is 11.2. The summed E-state index contributed by atoms with van der Waals surface area (Å²) in [4.78, 5) is 0. The molecule has 29 heavy (non-hydrogen) atoms. The van der Waals surface area contributed by atoms with Gasteiger partial charge in [-0.2, -0.15) is 13.2 Å². The van der Waals surface area contributed by atoms with Gasteiger partial charge >= 0.3 is 13.7 Å². The Morgan fingerprint density at radius 1 is 0.966 bits per heavy atom. The number of alkyl halides is 3. The third kappa shape index (κ3) is 4.85. The van der Waals surface area contributed by atoms with Crippen molar-refractivity contribution >= 4 is 23.8 Å². The highest BCUT2D eigenvalue weighted by Gasteiger charge is 2.35. The Morgan fingerprint density at radius 3 is 2.21 bits per heavy atom. The number of rotatable bonds is 6. The van der Waals surface area contributed by atoms with E-state index in [0.29, 0.717) is 6.54 Å². The lowest BCUT2D eigenvalue weighted by molar-refractivity contribution is -0.137. The summed E-state index contributed by atoms with van der Waals surface area (Å²) in [5.41, 5.74) is 0.123. The average molecular weight is 402 g/mol. The summed E-state index contributed by atoms with van der Waals surface area (Å²) >= 11 is 0. The first-order valence-corrected chi connectivity index (χ1v) is 9.35. The van der Waals surface area contributed by atoms with Crippen molar-refractivity contribution in [3.8, 4) is 0 Å². The minimum Gasteiger partial charge on any atom is -0.427 e. The molecule has 0 spiro atoms. The molecule has 7 heteroatoms. The minimum atomic E-state index is -4.33. The summed E-state index contributed by atoms with van der Waals surface area (Å²) in [5.74, 6) is 0. The van der Waals surface area contributed by atoms with E-state index in [4.69, 9.17) is 4.65 Å². The lowest BCUT2D eigenvalue weighted by atomic mass is 9.82. The summed E-state index contributed by atoms with van der Waals surface area (Å²) in [6.07, 6.45) is -2.42. The smallest absolute Gasteiger partial charge is 0.416 e. The monoisotopic (exact) mass is 402 g/mol. The van der Waals surface area contributed by atoms with Gasteiger partial charge in [0.25, 0.3) is 0 Å². The lowest BCUT2D eigenvalue weighted by Gasteiger charge is -2.37. The van der Waals surface area contributed by atoms with Crippen LogP contribution in [0, 0.1) is 0 Å². The minimum absolute atomic E-state index is 0.459. The second kappa shape index (κ2) is 7.54. The van der Waals surface area contributed by atoms with Crippen LogP contribution in [0.3, 0.4) is 0 Å². The molecule has 3 nitrogen and oxygen atoms in total. The fourth-order valence-corrected chi connectivity index (χ4v) is 2.77. The summed E-state index contributed by atoms with van der Waals surface area (Å²) in [7, 11) is 1.62. The molecular weight excluding hydrogens is 378 g/mol. The third-order valence-electron chi connectivity index (χ3n) is 5.40. The summed E-state index contributed by atoms with van der Waals surface area (Å²) in [6.45, 7) is 7.48. The Morgan fingerprint density at radius 2 is 1.62 bits per heavy atom. The van der Waals surface area contributed by atoms with E-state index in [9.17, 15) is 18.3 Å². The number of benzene rings is 2. The zero-order valence-corrected chi connectivity index (χ0v) is 16.9. The van der Waals surface area contributed by atoms with Crippen molar-refractivity contribution in [2.45, 2.75) is 51.6 Å². The second-order valence-electron chi connectivity index (χ2n) is 8.26. The molecule has 153 valence electrons. The van der Waals surface area contributed by atoms with Gasteiger partial charge in [0.1, 0.15) is 0 Å². The number of hydrogen-bond donors (Lipinski definition) is 1. The molecule has 0 saturated carbocycles. The van der Waals surface area contributed by atoms with Crippen LogP contribution < -0.4 is 5.46 Å². The van der Waals surface area contributed by atoms with Gasteiger partial charge in [0, 0.05) is 18.3 Å². The summed E-state index contributed by atoms with van der Waals surface area (Å²) in [6, 6.07) is 13.0. The first-order chi connectivity index (χ1) is 13.4. The maximum Gasteiger partial charge on any atom is 0.416 e. The van der Waals surface area contributed by atoms with Gasteiger partial charge in [-0.15, -0.1) is 0 Å². The number of aromatic nitrogens is 1. The Hall–Kier alpha value is -2.25. The number of halogens is 3. The molecular formula is C22H24BF3NO2. The molecule has 3 aromatic rings. The fourth-order valence-electron chi connectivity index (χ4n) is 2.77. The molecule has 0 atom stereocenters. The van der Waals surface area contributed by atoms with E-state index < -0.39 is 22.9 Å². The molecule has 0 aliphatic heterocycles. The van der Waals surface area contributed by atoms with Crippen molar-refractivity contribution in [3.05, 3.63) is 65.9 Å². The van der Waals surface area contributed by atoms with E-state index >= 15 is 0 Å². The highest BCUT2D eigenvalue weighted by atomic mass is 19.4. The van der Waals surface area contributed by atoms with Crippen molar-refractivity contribution in [2.75, 3.05) is 0 Å². The topological polar surface area (TPSA) is 34.4 Å². The molecule has 2 aromatic carbocycles. The van der Waals surface area contributed by atoms with Crippen molar-refractivity contribution in [1.82, 2.24) is 4.57 Å². The number of hydrogen-bond acceptors (Lipinski definition) is 2. The first-order valence-electron chi connectivity index (χ1n) is 9.35. The Kier molecular flexibility index (Phi) is 5.58. The molecule has 1 N–H and O–H groups in total. The fraction of sp³-hybridized carbons (Fsp3) is 0.364. The molecule has 1 heterocycles. The molecule has 0 saturated heterocycles. The Balaban J connectivity index is 1.79. The van der Waals surface area contributed by atoms with Crippen LogP contribution in [-0.2, 0) is 17.4 Å². The maximum atomic E-state index is 12.7. The van der Waals surface area contributed by atoms with Crippen LogP contribution in [-0.4, -0.2) is 28.4 Å². The van der Waals surface area contributed by atoms with E-state index in [1.807, 2.05) is 48.9 Å². The van der Waals surface area contributed by atoms with Gasteiger partial charge < -0.3 is 14.3 Å². The van der Waals surface area contributed by atoms with Crippen molar-refractivity contribution in [1.29, 1.82) is 0 Å². The zero-order chi connectivity index (χ0) is 21.4. The summed E-state index contributed by atoms with van der Waals surface area (Å²) < 4.78 is 46.0. The van der Waals surface area contributed by atoms with Crippen LogP contribution in [0.15, 0.2) is 54.7 Å². The van der Waals surface area contributed by atoms with E-state index in [-0.39, 0.29) is 0 Å². The van der Waals surface area contributed by atoms with Gasteiger partial charge in [0.2, 0.25) is 0 Å². The van der Waals surface area contributed by atoms with Crippen LogP contribution >= 0.6 is 0 Å². The molecule has 1 radical (unpaired) electrons.